The minimum atomic E-state index is 0.153. The molecule has 1 aromatic rings. The summed E-state index contributed by atoms with van der Waals surface area (Å²) >= 11 is 0. The number of carbonyl (C=O) groups is 1. The predicted molar refractivity (Wildman–Crippen MR) is 129 cm³/mol. The van der Waals surface area contributed by atoms with Crippen LogP contribution in [0.5, 0.6) is 0 Å². The average Bonchev–Trinajstić information content (AvgIpc) is 2.82. The third-order valence-electron chi connectivity index (χ3n) is 6.57. The first-order valence-electron chi connectivity index (χ1n) is 11.9. The van der Waals surface area contributed by atoms with Gasteiger partial charge in [-0.1, -0.05) is 18.2 Å². The Kier molecular flexibility index (Phi) is 9.00. The molecule has 0 saturated carbocycles. The van der Waals surface area contributed by atoms with Gasteiger partial charge in [-0.25, -0.2) is 0 Å². The lowest BCUT2D eigenvalue weighted by molar-refractivity contribution is -0.121. The number of rotatable bonds is 7. The Morgan fingerprint density at radius 3 is 2.39 bits per heavy atom. The van der Waals surface area contributed by atoms with E-state index in [-0.39, 0.29) is 5.91 Å². The summed E-state index contributed by atoms with van der Waals surface area (Å²) in [6, 6.07) is 11.1. The lowest BCUT2D eigenvalue weighted by Gasteiger charge is -2.39. The van der Waals surface area contributed by atoms with Crippen LogP contribution < -0.4 is 15.5 Å². The molecule has 1 unspecified atom stereocenters. The quantitative estimate of drug-likeness (QED) is 0.514. The summed E-state index contributed by atoms with van der Waals surface area (Å²) in [5.74, 6) is 1.66. The van der Waals surface area contributed by atoms with Crippen molar-refractivity contribution in [3.05, 3.63) is 30.3 Å². The molecule has 2 saturated heterocycles. The van der Waals surface area contributed by atoms with Gasteiger partial charge in [0.15, 0.2) is 5.96 Å². The summed E-state index contributed by atoms with van der Waals surface area (Å²) in [6.07, 6.45) is 2.74. The molecule has 172 valence electrons. The number of piperazine rings is 1. The Balaban J connectivity index is 1.47. The molecule has 2 aliphatic heterocycles. The van der Waals surface area contributed by atoms with Gasteiger partial charge in [0.1, 0.15) is 0 Å². The van der Waals surface area contributed by atoms with Gasteiger partial charge in [0.25, 0.3) is 0 Å². The summed E-state index contributed by atoms with van der Waals surface area (Å²) in [6.45, 7) is 12.3. The van der Waals surface area contributed by atoms with Gasteiger partial charge in [-0.05, 0) is 44.7 Å². The van der Waals surface area contributed by atoms with E-state index in [1.165, 1.54) is 5.69 Å². The molecule has 0 aliphatic carbocycles. The van der Waals surface area contributed by atoms with Crippen LogP contribution in [0, 0.1) is 5.92 Å². The van der Waals surface area contributed by atoms with Crippen molar-refractivity contribution in [1.29, 1.82) is 0 Å². The second-order valence-electron chi connectivity index (χ2n) is 8.71. The van der Waals surface area contributed by atoms with E-state index in [4.69, 9.17) is 4.99 Å². The minimum absolute atomic E-state index is 0.153. The number of hydrogen-bond acceptors (Lipinski definition) is 4. The first-order valence-corrected chi connectivity index (χ1v) is 11.9. The zero-order valence-corrected chi connectivity index (χ0v) is 19.5. The molecule has 2 N–H and O–H groups in total. The lowest BCUT2D eigenvalue weighted by Crippen LogP contribution is -2.51. The predicted octanol–water partition coefficient (Wildman–Crippen LogP) is 2.01. The Morgan fingerprint density at radius 1 is 1.10 bits per heavy atom. The number of para-hydroxylation sites is 1. The van der Waals surface area contributed by atoms with Crippen molar-refractivity contribution in [3.63, 3.8) is 0 Å². The van der Waals surface area contributed by atoms with Crippen LogP contribution in [0.15, 0.2) is 35.3 Å². The van der Waals surface area contributed by atoms with E-state index in [0.717, 1.165) is 71.2 Å². The normalized spacial score (nSPS) is 19.9. The number of benzene rings is 1. The summed E-state index contributed by atoms with van der Waals surface area (Å²) in [4.78, 5) is 24.0. The maximum atomic E-state index is 11.7. The number of amides is 1. The molecule has 2 heterocycles. The van der Waals surface area contributed by atoms with Crippen molar-refractivity contribution >= 4 is 17.6 Å². The second kappa shape index (κ2) is 11.9. The number of carbonyl (C=O) groups excluding carboxylic acids is 1. The topological polar surface area (TPSA) is 63.2 Å². The smallest absolute Gasteiger partial charge is 0.220 e. The van der Waals surface area contributed by atoms with Crippen LogP contribution in [0.1, 0.15) is 33.1 Å². The number of likely N-dealkylation sites (tertiary alicyclic amines) is 1. The van der Waals surface area contributed by atoms with Crippen LogP contribution >= 0.6 is 0 Å². The molecule has 2 fully saturated rings. The monoisotopic (exact) mass is 428 g/mol. The fraction of sp³-hybridized carbons (Fsp3) is 0.667. The van der Waals surface area contributed by atoms with E-state index < -0.39 is 0 Å². The molecule has 2 aliphatic rings. The van der Waals surface area contributed by atoms with E-state index in [1.807, 2.05) is 0 Å². The number of piperidine rings is 1. The Bertz CT molecular complexity index is 693. The number of nitrogens with one attached hydrogen (secondary N) is 2. The Labute approximate surface area is 187 Å². The molecule has 3 rings (SSSR count). The molecular weight excluding hydrogens is 388 g/mol. The highest BCUT2D eigenvalue weighted by atomic mass is 16.1. The van der Waals surface area contributed by atoms with Crippen LogP contribution in [0.3, 0.4) is 0 Å². The van der Waals surface area contributed by atoms with Crippen molar-refractivity contribution in [1.82, 2.24) is 20.4 Å². The van der Waals surface area contributed by atoms with Crippen LogP contribution in [0.25, 0.3) is 0 Å². The third-order valence-corrected chi connectivity index (χ3v) is 6.57. The van der Waals surface area contributed by atoms with Gasteiger partial charge in [-0.2, -0.15) is 0 Å². The van der Waals surface area contributed by atoms with E-state index in [9.17, 15) is 4.79 Å². The molecule has 7 heteroatoms. The van der Waals surface area contributed by atoms with Gasteiger partial charge in [-0.3, -0.25) is 14.7 Å². The maximum Gasteiger partial charge on any atom is 0.220 e. The Hall–Kier alpha value is -2.28. The number of aliphatic imine (C=N–C) groups is 1. The van der Waals surface area contributed by atoms with Crippen molar-refractivity contribution in [3.8, 4) is 0 Å². The van der Waals surface area contributed by atoms with Crippen molar-refractivity contribution in [2.24, 2.45) is 10.9 Å². The molecule has 0 spiro atoms. The maximum absolute atomic E-state index is 11.7. The van der Waals surface area contributed by atoms with Gasteiger partial charge >= 0.3 is 0 Å². The number of nitrogens with zero attached hydrogens (tertiary/aromatic N) is 4. The summed E-state index contributed by atoms with van der Waals surface area (Å²) in [7, 11) is 1.72. The van der Waals surface area contributed by atoms with E-state index in [0.29, 0.717) is 18.4 Å². The van der Waals surface area contributed by atoms with Crippen LogP contribution in [-0.4, -0.2) is 87.1 Å². The number of hydrogen-bond donors (Lipinski definition) is 2. The SMILES string of the molecule is CCNC(=NCC(C)N1CCN(c2ccccc2)CC1)N1CCC(CC(=O)NC)CC1. The highest BCUT2D eigenvalue weighted by Gasteiger charge is 2.24. The van der Waals surface area contributed by atoms with Crippen molar-refractivity contribution in [2.45, 2.75) is 39.2 Å². The van der Waals surface area contributed by atoms with Gasteiger partial charge in [0.05, 0.1) is 6.54 Å². The van der Waals surface area contributed by atoms with Crippen LogP contribution in [0.2, 0.25) is 0 Å². The summed E-state index contributed by atoms with van der Waals surface area (Å²) < 4.78 is 0. The average molecular weight is 429 g/mol. The standard InChI is InChI=1S/C24H40N6O/c1-4-26-24(30-12-10-21(11-13-30)18-23(31)25-3)27-19-20(2)28-14-16-29(17-15-28)22-8-6-5-7-9-22/h5-9,20-21H,4,10-19H2,1-3H3,(H,25,31)(H,26,27). The molecule has 31 heavy (non-hydrogen) atoms. The molecule has 7 nitrogen and oxygen atoms in total. The number of guanidine groups is 1. The molecule has 1 atom stereocenters. The molecular formula is C24H40N6O. The van der Waals surface area contributed by atoms with Crippen molar-refractivity contribution < 1.29 is 4.79 Å². The second-order valence-corrected chi connectivity index (χ2v) is 8.71. The first kappa shape index (κ1) is 23.4. The third kappa shape index (κ3) is 6.86. The van der Waals surface area contributed by atoms with Gasteiger partial charge in [0, 0.05) is 71.0 Å². The first-order chi connectivity index (χ1) is 15.1. The molecule has 1 aromatic carbocycles. The molecule has 0 aromatic heterocycles. The zero-order valence-electron chi connectivity index (χ0n) is 19.5. The fourth-order valence-electron chi connectivity index (χ4n) is 4.53. The number of anilines is 1. The van der Waals surface area contributed by atoms with Gasteiger partial charge in [-0.15, -0.1) is 0 Å². The van der Waals surface area contributed by atoms with Gasteiger partial charge < -0.3 is 20.4 Å². The fourth-order valence-corrected chi connectivity index (χ4v) is 4.53. The zero-order chi connectivity index (χ0) is 22.1. The largest absolute Gasteiger partial charge is 0.369 e. The van der Waals surface area contributed by atoms with E-state index >= 15 is 0 Å². The minimum Gasteiger partial charge on any atom is -0.369 e. The molecule has 1 amide bonds. The van der Waals surface area contributed by atoms with Crippen LogP contribution in [-0.2, 0) is 4.79 Å². The highest BCUT2D eigenvalue weighted by Crippen LogP contribution is 2.21. The summed E-state index contributed by atoms with van der Waals surface area (Å²) in [5.41, 5.74) is 1.32. The van der Waals surface area contributed by atoms with Crippen LogP contribution in [0.4, 0.5) is 5.69 Å². The molecule has 0 bridgehead atoms. The summed E-state index contributed by atoms with van der Waals surface area (Å²) in [5, 5.41) is 6.22. The van der Waals surface area contributed by atoms with Crippen molar-refractivity contribution in [2.75, 3.05) is 64.3 Å². The lowest BCUT2D eigenvalue weighted by atomic mass is 9.93. The van der Waals surface area contributed by atoms with Gasteiger partial charge in [0.2, 0.25) is 5.91 Å². The van der Waals surface area contributed by atoms with E-state index in [2.05, 4.69) is 69.5 Å². The molecule has 0 radical (unpaired) electrons. The highest BCUT2D eigenvalue weighted by molar-refractivity contribution is 5.80. The Morgan fingerprint density at radius 2 is 1.77 bits per heavy atom. The van der Waals surface area contributed by atoms with E-state index in [1.54, 1.807) is 7.05 Å².